The van der Waals surface area contributed by atoms with E-state index in [1.54, 1.807) is 6.07 Å². The highest BCUT2D eigenvalue weighted by Gasteiger charge is 2.30. The van der Waals surface area contributed by atoms with Crippen LogP contribution < -0.4 is 5.32 Å². The largest absolute Gasteiger partial charge is 0.416 e. The van der Waals surface area contributed by atoms with Crippen molar-refractivity contribution in [2.45, 2.75) is 38.0 Å². The Bertz CT molecular complexity index is 441. The lowest BCUT2D eigenvalue weighted by Gasteiger charge is -2.19. The van der Waals surface area contributed by atoms with Crippen molar-refractivity contribution >= 4 is 0 Å². The van der Waals surface area contributed by atoms with Crippen molar-refractivity contribution in [3.8, 4) is 0 Å². The van der Waals surface area contributed by atoms with E-state index in [1.165, 1.54) is 25.0 Å². The molecular weight excluding hydrogens is 265 g/mol. The van der Waals surface area contributed by atoms with E-state index in [2.05, 4.69) is 17.3 Å². The van der Waals surface area contributed by atoms with Gasteiger partial charge in [-0.05, 0) is 44.5 Å². The van der Waals surface area contributed by atoms with Crippen molar-refractivity contribution in [1.29, 1.82) is 0 Å². The van der Waals surface area contributed by atoms with Crippen LogP contribution in [0.3, 0.4) is 0 Å². The molecule has 0 aliphatic heterocycles. The number of nitrogens with one attached hydrogen (secondary N) is 1. The van der Waals surface area contributed by atoms with Crippen LogP contribution in [-0.2, 0) is 6.18 Å². The average Bonchev–Trinajstić information content (AvgIpc) is 3.22. The third kappa shape index (κ3) is 4.21. The van der Waals surface area contributed by atoms with E-state index < -0.39 is 11.7 Å². The van der Waals surface area contributed by atoms with Gasteiger partial charge in [-0.15, -0.1) is 0 Å². The fourth-order valence-electron chi connectivity index (χ4n) is 2.26. The van der Waals surface area contributed by atoms with Crippen molar-refractivity contribution in [3.63, 3.8) is 0 Å². The highest BCUT2D eigenvalue weighted by Crippen LogP contribution is 2.30. The summed E-state index contributed by atoms with van der Waals surface area (Å²) in [7, 11) is 2.09. The molecule has 0 heterocycles. The second kappa shape index (κ2) is 6.14. The molecule has 112 valence electrons. The molecule has 1 aromatic rings. The molecule has 1 aromatic carbocycles. The van der Waals surface area contributed by atoms with Gasteiger partial charge in [-0.2, -0.15) is 13.2 Å². The minimum atomic E-state index is -4.28. The van der Waals surface area contributed by atoms with Gasteiger partial charge in [0.2, 0.25) is 0 Å². The Morgan fingerprint density at radius 2 is 2.05 bits per heavy atom. The standard InChI is InChI=1S/C15H21F3N2/c1-11(19-8-9-20(2)14-6-7-14)12-4-3-5-13(10-12)15(16,17)18/h3-5,10-11,14,19H,6-9H2,1-2H3. The predicted molar refractivity (Wildman–Crippen MR) is 73.5 cm³/mol. The molecule has 1 fully saturated rings. The van der Waals surface area contributed by atoms with Gasteiger partial charge < -0.3 is 10.2 Å². The monoisotopic (exact) mass is 286 g/mol. The van der Waals surface area contributed by atoms with Gasteiger partial charge in [0, 0.05) is 25.2 Å². The number of rotatable bonds is 6. The van der Waals surface area contributed by atoms with Gasteiger partial charge in [0.15, 0.2) is 0 Å². The molecule has 1 saturated carbocycles. The van der Waals surface area contributed by atoms with Crippen LogP contribution in [0.4, 0.5) is 13.2 Å². The zero-order valence-corrected chi connectivity index (χ0v) is 11.9. The van der Waals surface area contributed by atoms with Crippen molar-refractivity contribution < 1.29 is 13.2 Å². The second-order valence-electron chi connectivity index (χ2n) is 5.51. The van der Waals surface area contributed by atoms with E-state index in [4.69, 9.17) is 0 Å². The number of benzene rings is 1. The highest BCUT2D eigenvalue weighted by molar-refractivity contribution is 5.27. The number of likely N-dealkylation sites (N-methyl/N-ethyl adjacent to an activating group) is 1. The zero-order valence-electron chi connectivity index (χ0n) is 11.9. The highest BCUT2D eigenvalue weighted by atomic mass is 19.4. The van der Waals surface area contributed by atoms with E-state index in [-0.39, 0.29) is 6.04 Å². The van der Waals surface area contributed by atoms with Crippen molar-refractivity contribution in [2.75, 3.05) is 20.1 Å². The van der Waals surface area contributed by atoms with Gasteiger partial charge in [0.05, 0.1) is 5.56 Å². The topological polar surface area (TPSA) is 15.3 Å². The molecule has 1 aliphatic carbocycles. The van der Waals surface area contributed by atoms with E-state index in [0.717, 1.165) is 19.2 Å². The summed E-state index contributed by atoms with van der Waals surface area (Å²) in [5.74, 6) is 0. The first kappa shape index (κ1) is 15.3. The van der Waals surface area contributed by atoms with Gasteiger partial charge >= 0.3 is 6.18 Å². The van der Waals surface area contributed by atoms with Gasteiger partial charge in [-0.3, -0.25) is 0 Å². The lowest BCUT2D eigenvalue weighted by atomic mass is 10.0. The van der Waals surface area contributed by atoms with E-state index >= 15 is 0 Å². The number of alkyl halides is 3. The Balaban J connectivity index is 1.86. The first-order valence-corrected chi connectivity index (χ1v) is 6.98. The molecule has 2 rings (SSSR count). The number of nitrogens with zero attached hydrogens (tertiary/aromatic N) is 1. The van der Waals surface area contributed by atoms with Crippen LogP contribution in [0.1, 0.15) is 36.9 Å². The lowest BCUT2D eigenvalue weighted by Crippen LogP contribution is -2.32. The summed E-state index contributed by atoms with van der Waals surface area (Å²) in [6, 6.07) is 6.16. The second-order valence-corrected chi connectivity index (χ2v) is 5.51. The van der Waals surface area contributed by atoms with Crippen molar-refractivity contribution in [3.05, 3.63) is 35.4 Å². The lowest BCUT2D eigenvalue weighted by molar-refractivity contribution is -0.137. The van der Waals surface area contributed by atoms with Crippen LogP contribution in [0.2, 0.25) is 0 Å². The molecule has 0 radical (unpaired) electrons. The van der Waals surface area contributed by atoms with E-state index in [1.807, 2.05) is 6.92 Å². The summed E-state index contributed by atoms with van der Waals surface area (Å²) in [6.45, 7) is 3.60. The van der Waals surface area contributed by atoms with Crippen LogP contribution in [0.25, 0.3) is 0 Å². The summed E-state index contributed by atoms with van der Waals surface area (Å²) in [4.78, 5) is 2.30. The molecule has 1 unspecified atom stereocenters. The molecule has 1 aliphatic rings. The molecular formula is C15H21F3N2. The van der Waals surface area contributed by atoms with E-state index in [9.17, 15) is 13.2 Å². The van der Waals surface area contributed by atoms with Gasteiger partial charge in [0.1, 0.15) is 0 Å². The van der Waals surface area contributed by atoms with Crippen LogP contribution in [-0.4, -0.2) is 31.1 Å². The predicted octanol–water partition coefficient (Wildman–Crippen LogP) is 3.45. The molecule has 0 bridgehead atoms. The maximum absolute atomic E-state index is 12.7. The summed E-state index contributed by atoms with van der Waals surface area (Å²) >= 11 is 0. The molecule has 5 heteroatoms. The molecule has 20 heavy (non-hydrogen) atoms. The molecule has 0 amide bonds. The van der Waals surface area contributed by atoms with E-state index in [0.29, 0.717) is 11.6 Å². The maximum Gasteiger partial charge on any atom is 0.416 e. The molecule has 0 spiro atoms. The van der Waals surface area contributed by atoms with Crippen molar-refractivity contribution in [2.24, 2.45) is 0 Å². The first-order chi connectivity index (χ1) is 9.38. The van der Waals surface area contributed by atoms with Gasteiger partial charge in [-0.25, -0.2) is 0 Å². The summed E-state index contributed by atoms with van der Waals surface area (Å²) in [5, 5.41) is 3.28. The zero-order chi connectivity index (χ0) is 14.8. The minimum Gasteiger partial charge on any atom is -0.309 e. The number of halogens is 3. The molecule has 2 nitrogen and oxygen atoms in total. The van der Waals surface area contributed by atoms with Crippen molar-refractivity contribution in [1.82, 2.24) is 10.2 Å². The fraction of sp³-hybridized carbons (Fsp3) is 0.600. The number of hydrogen-bond donors (Lipinski definition) is 1. The Kier molecular flexibility index (Phi) is 4.70. The summed E-state index contributed by atoms with van der Waals surface area (Å²) in [5.41, 5.74) is 0.0904. The number of hydrogen-bond acceptors (Lipinski definition) is 2. The van der Waals surface area contributed by atoms with Crippen LogP contribution >= 0.6 is 0 Å². The summed E-state index contributed by atoms with van der Waals surface area (Å²) < 4.78 is 38.0. The quantitative estimate of drug-likeness (QED) is 0.861. The van der Waals surface area contributed by atoms with Crippen LogP contribution in [0.15, 0.2) is 24.3 Å². The smallest absolute Gasteiger partial charge is 0.309 e. The first-order valence-electron chi connectivity index (χ1n) is 6.98. The Morgan fingerprint density at radius 1 is 1.35 bits per heavy atom. The Hall–Kier alpha value is -1.07. The summed E-state index contributed by atoms with van der Waals surface area (Å²) in [6.07, 6.45) is -1.75. The minimum absolute atomic E-state index is 0.0788. The third-order valence-corrected chi connectivity index (χ3v) is 3.80. The maximum atomic E-state index is 12.7. The Labute approximate surface area is 118 Å². The Morgan fingerprint density at radius 3 is 2.65 bits per heavy atom. The fourth-order valence-corrected chi connectivity index (χ4v) is 2.26. The average molecular weight is 286 g/mol. The third-order valence-electron chi connectivity index (χ3n) is 3.80. The van der Waals surface area contributed by atoms with Gasteiger partial charge in [0.25, 0.3) is 0 Å². The van der Waals surface area contributed by atoms with Crippen LogP contribution in [0, 0.1) is 0 Å². The normalized spacial score (nSPS) is 17.5. The molecule has 1 N–H and O–H groups in total. The SMILES string of the molecule is CC(NCCN(C)C1CC1)c1cccc(C(F)(F)F)c1. The molecule has 0 aromatic heterocycles. The van der Waals surface area contributed by atoms with Crippen LogP contribution in [0.5, 0.6) is 0 Å². The molecule has 0 saturated heterocycles. The van der Waals surface area contributed by atoms with Gasteiger partial charge in [-0.1, -0.05) is 12.1 Å². The molecule has 1 atom stereocenters.